The molecule has 0 aromatic carbocycles. The highest BCUT2D eigenvalue weighted by atomic mass is 16.3. The van der Waals surface area contributed by atoms with Gasteiger partial charge in [-0.2, -0.15) is 0 Å². The number of nitrogens with one attached hydrogen (secondary N) is 1. The van der Waals surface area contributed by atoms with Gasteiger partial charge in [-0.15, -0.1) is 0 Å². The molecule has 1 saturated carbocycles. The molecule has 1 atom stereocenters. The highest BCUT2D eigenvalue weighted by Crippen LogP contribution is 2.38. The minimum absolute atomic E-state index is 0.420. The molecule has 0 spiro atoms. The Bertz CT molecular complexity index is 363. The Balaban J connectivity index is 2.03. The van der Waals surface area contributed by atoms with E-state index in [0.717, 1.165) is 36.3 Å². The maximum Gasteiger partial charge on any atom is 0.121 e. The third kappa shape index (κ3) is 3.62. The van der Waals surface area contributed by atoms with E-state index in [2.05, 4.69) is 38.2 Å². The first kappa shape index (κ1) is 14.6. The van der Waals surface area contributed by atoms with Crippen molar-refractivity contribution in [1.82, 2.24) is 5.32 Å². The molecule has 0 bridgehead atoms. The van der Waals surface area contributed by atoms with Gasteiger partial charge in [0.15, 0.2) is 0 Å². The van der Waals surface area contributed by atoms with Gasteiger partial charge in [-0.1, -0.05) is 40.0 Å². The summed E-state index contributed by atoms with van der Waals surface area (Å²) in [6, 6.07) is 4.73. The maximum absolute atomic E-state index is 5.99. The molecule has 2 heteroatoms. The van der Waals surface area contributed by atoms with E-state index in [4.69, 9.17) is 4.42 Å². The summed E-state index contributed by atoms with van der Waals surface area (Å²) in [7, 11) is 0. The third-order valence-corrected chi connectivity index (χ3v) is 4.70. The van der Waals surface area contributed by atoms with E-state index in [9.17, 15) is 0 Å². The summed E-state index contributed by atoms with van der Waals surface area (Å²) in [6.07, 6.45) is 7.81. The van der Waals surface area contributed by atoms with E-state index in [0.29, 0.717) is 6.04 Å². The van der Waals surface area contributed by atoms with Crippen molar-refractivity contribution in [3.8, 4) is 0 Å². The smallest absolute Gasteiger partial charge is 0.121 e. The first-order valence-electron chi connectivity index (χ1n) is 8.10. The maximum atomic E-state index is 5.99. The van der Waals surface area contributed by atoms with Crippen LogP contribution in [0.15, 0.2) is 16.5 Å². The molecule has 1 fully saturated rings. The summed E-state index contributed by atoms with van der Waals surface area (Å²) in [6.45, 7) is 7.68. The van der Waals surface area contributed by atoms with Gasteiger partial charge in [0.1, 0.15) is 11.5 Å². The normalized spacial score (nSPS) is 25.4. The van der Waals surface area contributed by atoms with Crippen molar-refractivity contribution in [2.75, 3.05) is 6.54 Å². The molecular weight excluding hydrogens is 234 g/mol. The van der Waals surface area contributed by atoms with Gasteiger partial charge >= 0.3 is 0 Å². The van der Waals surface area contributed by atoms with Crippen molar-refractivity contribution in [3.05, 3.63) is 23.7 Å². The van der Waals surface area contributed by atoms with Gasteiger partial charge in [-0.05, 0) is 43.4 Å². The van der Waals surface area contributed by atoms with Crippen molar-refractivity contribution in [1.29, 1.82) is 0 Å². The summed E-state index contributed by atoms with van der Waals surface area (Å²) in [5, 5.41) is 3.65. The lowest BCUT2D eigenvalue weighted by Gasteiger charge is -2.33. The quantitative estimate of drug-likeness (QED) is 0.804. The largest absolute Gasteiger partial charge is 0.464 e. The Kier molecular flexibility index (Phi) is 5.50. The van der Waals surface area contributed by atoms with Crippen LogP contribution in [-0.2, 0) is 6.42 Å². The van der Waals surface area contributed by atoms with Gasteiger partial charge in [0.2, 0.25) is 0 Å². The minimum atomic E-state index is 0.420. The second kappa shape index (κ2) is 7.14. The average molecular weight is 263 g/mol. The fourth-order valence-electron chi connectivity index (χ4n) is 3.40. The topological polar surface area (TPSA) is 25.2 Å². The van der Waals surface area contributed by atoms with Crippen molar-refractivity contribution >= 4 is 0 Å². The molecule has 19 heavy (non-hydrogen) atoms. The lowest BCUT2D eigenvalue weighted by Crippen LogP contribution is -2.30. The zero-order valence-corrected chi connectivity index (χ0v) is 12.7. The van der Waals surface area contributed by atoms with Crippen LogP contribution >= 0.6 is 0 Å². The van der Waals surface area contributed by atoms with Gasteiger partial charge in [-0.25, -0.2) is 0 Å². The van der Waals surface area contributed by atoms with Gasteiger partial charge in [0.05, 0.1) is 6.04 Å². The lowest BCUT2D eigenvalue weighted by molar-refractivity contribution is 0.202. The number of rotatable bonds is 6. The summed E-state index contributed by atoms with van der Waals surface area (Å²) in [5.41, 5.74) is 0. The molecule has 1 aliphatic rings. The fraction of sp³-hybridized carbons (Fsp3) is 0.765. The SMILES string of the molecule is CCNC(c1ccc(CC)o1)C1CCC(CC)CC1. The van der Waals surface area contributed by atoms with Crippen LogP contribution in [-0.4, -0.2) is 6.54 Å². The Morgan fingerprint density at radius 2 is 1.89 bits per heavy atom. The zero-order chi connectivity index (χ0) is 13.7. The fourth-order valence-corrected chi connectivity index (χ4v) is 3.40. The molecule has 1 unspecified atom stereocenters. The van der Waals surface area contributed by atoms with Crippen molar-refractivity contribution < 1.29 is 4.42 Å². The molecule has 0 amide bonds. The standard InChI is InChI=1S/C17H29NO/c1-4-13-7-9-14(10-8-13)17(18-6-3)16-12-11-15(5-2)19-16/h11-14,17-18H,4-10H2,1-3H3. The second-order valence-electron chi connectivity index (χ2n) is 5.88. The Labute approximate surface area is 118 Å². The van der Waals surface area contributed by atoms with E-state index >= 15 is 0 Å². The molecule has 0 saturated heterocycles. The van der Waals surface area contributed by atoms with Crippen molar-refractivity contribution in [2.24, 2.45) is 11.8 Å². The first-order valence-corrected chi connectivity index (χ1v) is 8.10. The predicted octanol–water partition coefficient (Wildman–Crippen LogP) is 4.71. The summed E-state index contributed by atoms with van der Waals surface area (Å²) in [5.74, 6) is 3.97. The van der Waals surface area contributed by atoms with Gasteiger partial charge < -0.3 is 9.73 Å². The van der Waals surface area contributed by atoms with Gasteiger partial charge in [0, 0.05) is 6.42 Å². The van der Waals surface area contributed by atoms with Crippen LogP contribution in [0.4, 0.5) is 0 Å². The number of hydrogen-bond acceptors (Lipinski definition) is 2. The first-order chi connectivity index (χ1) is 9.28. The van der Waals surface area contributed by atoms with Crippen LogP contribution in [0.1, 0.15) is 70.4 Å². The molecule has 2 rings (SSSR count). The summed E-state index contributed by atoms with van der Waals surface area (Å²) in [4.78, 5) is 0. The van der Waals surface area contributed by atoms with Crippen molar-refractivity contribution in [2.45, 2.75) is 65.3 Å². The van der Waals surface area contributed by atoms with E-state index in [-0.39, 0.29) is 0 Å². The molecule has 2 nitrogen and oxygen atoms in total. The number of furan rings is 1. The summed E-state index contributed by atoms with van der Waals surface area (Å²) >= 11 is 0. The van der Waals surface area contributed by atoms with Crippen LogP contribution in [0.2, 0.25) is 0 Å². The molecular formula is C17H29NO. The number of hydrogen-bond donors (Lipinski definition) is 1. The molecule has 108 valence electrons. The van der Waals surface area contributed by atoms with E-state index < -0.39 is 0 Å². The molecule has 0 radical (unpaired) electrons. The van der Waals surface area contributed by atoms with E-state index in [1.807, 2.05) is 0 Å². The minimum Gasteiger partial charge on any atom is -0.464 e. The Hall–Kier alpha value is -0.760. The molecule has 0 aliphatic heterocycles. The highest BCUT2D eigenvalue weighted by Gasteiger charge is 2.29. The highest BCUT2D eigenvalue weighted by molar-refractivity contribution is 5.12. The summed E-state index contributed by atoms with van der Waals surface area (Å²) < 4.78 is 5.99. The average Bonchev–Trinajstić information content (AvgIpc) is 2.93. The van der Waals surface area contributed by atoms with Gasteiger partial charge in [-0.3, -0.25) is 0 Å². The van der Waals surface area contributed by atoms with Crippen LogP contribution in [0.3, 0.4) is 0 Å². The molecule has 1 heterocycles. The van der Waals surface area contributed by atoms with Crippen LogP contribution in [0, 0.1) is 11.8 Å². The molecule has 1 aromatic rings. The third-order valence-electron chi connectivity index (χ3n) is 4.70. The molecule has 1 aliphatic carbocycles. The Morgan fingerprint density at radius 3 is 2.42 bits per heavy atom. The van der Waals surface area contributed by atoms with Crippen LogP contribution in [0.25, 0.3) is 0 Å². The Morgan fingerprint density at radius 1 is 1.16 bits per heavy atom. The molecule has 1 N–H and O–H groups in total. The predicted molar refractivity (Wildman–Crippen MR) is 80.2 cm³/mol. The van der Waals surface area contributed by atoms with E-state index in [1.54, 1.807) is 0 Å². The zero-order valence-electron chi connectivity index (χ0n) is 12.7. The molecule has 1 aromatic heterocycles. The van der Waals surface area contributed by atoms with Crippen molar-refractivity contribution in [3.63, 3.8) is 0 Å². The monoisotopic (exact) mass is 263 g/mol. The number of aryl methyl sites for hydroxylation is 1. The van der Waals surface area contributed by atoms with Crippen LogP contribution in [0.5, 0.6) is 0 Å². The van der Waals surface area contributed by atoms with Crippen LogP contribution < -0.4 is 5.32 Å². The second-order valence-corrected chi connectivity index (χ2v) is 5.88. The lowest BCUT2D eigenvalue weighted by atomic mass is 9.77. The van der Waals surface area contributed by atoms with E-state index in [1.165, 1.54) is 32.1 Å². The van der Waals surface area contributed by atoms with Gasteiger partial charge in [0.25, 0.3) is 0 Å².